The number of likely N-dealkylation sites (tertiary alicyclic amines) is 1. The predicted molar refractivity (Wildman–Crippen MR) is 86.1 cm³/mol. The molecule has 1 saturated heterocycles. The Morgan fingerprint density at radius 3 is 2.24 bits per heavy atom. The molecule has 8 heteroatoms. The Kier molecular flexibility index (Phi) is 5.41. The third kappa shape index (κ3) is 3.62. The van der Waals surface area contributed by atoms with Crippen molar-refractivity contribution in [1.82, 2.24) is 10.2 Å². The molecule has 134 valence electrons. The van der Waals surface area contributed by atoms with Crippen LogP contribution in [0, 0.1) is 5.92 Å². The van der Waals surface area contributed by atoms with E-state index in [1.54, 1.807) is 24.3 Å². The highest BCUT2D eigenvalue weighted by Crippen LogP contribution is 2.29. The number of rotatable bonds is 6. The minimum atomic E-state index is -2.18. The Bertz CT molecular complexity index is 672. The van der Waals surface area contributed by atoms with E-state index in [1.807, 2.05) is 6.07 Å². The summed E-state index contributed by atoms with van der Waals surface area (Å²) in [6.45, 7) is 2.94. The van der Waals surface area contributed by atoms with Gasteiger partial charge in [0.1, 0.15) is 6.61 Å². The first-order valence-corrected chi connectivity index (χ1v) is 7.87. The fourth-order valence-electron chi connectivity index (χ4n) is 2.74. The molecule has 3 amide bonds. The number of benzene rings is 1. The minimum absolute atomic E-state index is 0.0671. The Morgan fingerprint density at radius 1 is 1.20 bits per heavy atom. The van der Waals surface area contributed by atoms with E-state index in [2.05, 4.69) is 5.32 Å². The summed E-state index contributed by atoms with van der Waals surface area (Å²) in [5, 5.41) is 11.9. The van der Waals surface area contributed by atoms with Gasteiger partial charge in [0.15, 0.2) is 0 Å². The first-order chi connectivity index (χ1) is 11.8. The first-order valence-electron chi connectivity index (χ1n) is 7.87. The lowest BCUT2D eigenvalue weighted by atomic mass is 9.94. The fourth-order valence-corrected chi connectivity index (χ4v) is 2.74. The number of carbonyl (C=O) groups excluding carboxylic acids is 3. The standard InChI is InChI=1S/C17H20N2O6/c1-11(2)17(15(22)23,19-13(20)8-9-14(19)21)18-16(24)25-10-12-6-4-3-5-7-12/h3-7,11H,8-10H2,1-2H3,(H,18,24)(H,22,23). The maximum absolute atomic E-state index is 12.2. The van der Waals surface area contributed by atoms with Crippen molar-refractivity contribution in [2.24, 2.45) is 5.92 Å². The lowest BCUT2D eigenvalue weighted by Crippen LogP contribution is -2.69. The molecule has 25 heavy (non-hydrogen) atoms. The van der Waals surface area contributed by atoms with E-state index in [1.165, 1.54) is 13.8 Å². The van der Waals surface area contributed by atoms with Crippen molar-refractivity contribution < 1.29 is 29.0 Å². The molecule has 1 fully saturated rings. The quantitative estimate of drug-likeness (QED) is 0.753. The molecule has 1 aromatic carbocycles. The van der Waals surface area contributed by atoms with Gasteiger partial charge in [0, 0.05) is 18.8 Å². The van der Waals surface area contributed by atoms with Gasteiger partial charge in [-0.15, -0.1) is 0 Å². The van der Waals surface area contributed by atoms with Gasteiger partial charge in [-0.3, -0.25) is 14.9 Å². The Morgan fingerprint density at radius 2 is 1.76 bits per heavy atom. The molecule has 0 aliphatic carbocycles. The maximum atomic E-state index is 12.2. The number of amides is 3. The smallest absolute Gasteiger partial charge is 0.409 e. The van der Waals surface area contributed by atoms with Crippen LogP contribution < -0.4 is 5.32 Å². The summed E-state index contributed by atoms with van der Waals surface area (Å²) in [6, 6.07) is 8.84. The van der Waals surface area contributed by atoms with Gasteiger partial charge in [0.25, 0.3) is 0 Å². The lowest BCUT2D eigenvalue weighted by Gasteiger charge is -2.39. The third-order valence-corrected chi connectivity index (χ3v) is 4.07. The highest BCUT2D eigenvalue weighted by atomic mass is 16.5. The highest BCUT2D eigenvalue weighted by molar-refractivity contribution is 6.06. The molecule has 0 radical (unpaired) electrons. The second-order valence-corrected chi connectivity index (χ2v) is 6.04. The lowest BCUT2D eigenvalue weighted by molar-refractivity contribution is -0.169. The Labute approximate surface area is 144 Å². The summed E-state index contributed by atoms with van der Waals surface area (Å²) < 4.78 is 5.05. The van der Waals surface area contributed by atoms with Crippen LogP contribution in [0.15, 0.2) is 30.3 Å². The van der Waals surface area contributed by atoms with Gasteiger partial charge in [0.05, 0.1) is 0 Å². The number of imide groups is 1. The zero-order valence-corrected chi connectivity index (χ0v) is 14.0. The van der Waals surface area contributed by atoms with Crippen LogP contribution in [0.3, 0.4) is 0 Å². The summed E-state index contributed by atoms with van der Waals surface area (Å²) >= 11 is 0. The van der Waals surface area contributed by atoms with Crippen LogP contribution in [-0.2, 0) is 25.7 Å². The first kappa shape index (κ1) is 18.4. The number of hydrogen-bond donors (Lipinski definition) is 2. The van der Waals surface area contributed by atoms with E-state index in [-0.39, 0.29) is 19.4 Å². The molecule has 1 aliphatic heterocycles. The minimum Gasteiger partial charge on any atom is -0.478 e. The number of ether oxygens (including phenoxy) is 1. The Balaban J connectivity index is 2.21. The fraction of sp³-hybridized carbons (Fsp3) is 0.412. The number of nitrogens with one attached hydrogen (secondary N) is 1. The van der Waals surface area contributed by atoms with E-state index >= 15 is 0 Å². The van der Waals surface area contributed by atoms with Crippen LogP contribution in [0.2, 0.25) is 0 Å². The third-order valence-electron chi connectivity index (χ3n) is 4.07. The number of alkyl carbamates (subject to hydrolysis) is 1. The zero-order chi connectivity index (χ0) is 18.6. The van der Waals surface area contributed by atoms with Gasteiger partial charge in [-0.1, -0.05) is 44.2 Å². The van der Waals surface area contributed by atoms with Gasteiger partial charge in [-0.25, -0.2) is 14.5 Å². The van der Waals surface area contributed by atoms with E-state index in [0.29, 0.717) is 4.90 Å². The molecule has 2 rings (SSSR count). The van der Waals surface area contributed by atoms with Crippen molar-refractivity contribution in [1.29, 1.82) is 0 Å². The SMILES string of the molecule is CC(C)C(NC(=O)OCc1ccccc1)(C(=O)O)N1C(=O)CCC1=O. The largest absolute Gasteiger partial charge is 0.478 e. The summed E-state index contributed by atoms with van der Waals surface area (Å²) in [6.07, 6.45) is -1.18. The van der Waals surface area contributed by atoms with Crippen molar-refractivity contribution in [2.45, 2.75) is 39.0 Å². The predicted octanol–water partition coefficient (Wildman–Crippen LogP) is 1.50. The van der Waals surface area contributed by atoms with Crippen molar-refractivity contribution in [3.63, 3.8) is 0 Å². The molecule has 0 saturated carbocycles. The molecule has 1 aromatic rings. The van der Waals surface area contributed by atoms with Crippen LogP contribution >= 0.6 is 0 Å². The molecule has 0 aromatic heterocycles. The highest BCUT2D eigenvalue weighted by Gasteiger charge is 2.55. The van der Waals surface area contributed by atoms with E-state index in [0.717, 1.165) is 5.56 Å². The number of hydrogen-bond acceptors (Lipinski definition) is 5. The van der Waals surface area contributed by atoms with Gasteiger partial charge in [-0.05, 0) is 5.56 Å². The number of carboxylic acid groups (broad SMARTS) is 1. The molecule has 8 nitrogen and oxygen atoms in total. The second-order valence-electron chi connectivity index (χ2n) is 6.04. The summed E-state index contributed by atoms with van der Waals surface area (Å²) in [5.74, 6) is -3.53. The van der Waals surface area contributed by atoms with Crippen molar-refractivity contribution >= 4 is 23.9 Å². The van der Waals surface area contributed by atoms with E-state index in [4.69, 9.17) is 4.74 Å². The van der Waals surface area contributed by atoms with Crippen LogP contribution in [0.4, 0.5) is 4.79 Å². The second kappa shape index (κ2) is 7.33. The molecule has 1 unspecified atom stereocenters. The molecular formula is C17H20N2O6. The van der Waals surface area contributed by atoms with E-state index < -0.39 is 35.5 Å². The topological polar surface area (TPSA) is 113 Å². The Hall–Kier alpha value is -2.90. The van der Waals surface area contributed by atoms with Crippen LogP contribution in [-0.4, -0.2) is 39.5 Å². The summed E-state index contributed by atoms with van der Waals surface area (Å²) in [7, 11) is 0. The normalized spacial score (nSPS) is 16.7. The van der Waals surface area contributed by atoms with Crippen LogP contribution in [0.5, 0.6) is 0 Å². The van der Waals surface area contributed by atoms with Crippen LogP contribution in [0.25, 0.3) is 0 Å². The van der Waals surface area contributed by atoms with Crippen molar-refractivity contribution in [2.75, 3.05) is 0 Å². The average molecular weight is 348 g/mol. The summed E-state index contributed by atoms with van der Waals surface area (Å²) in [4.78, 5) is 48.8. The molecule has 1 heterocycles. The molecular weight excluding hydrogens is 328 g/mol. The monoisotopic (exact) mass is 348 g/mol. The number of carboxylic acids is 1. The van der Waals surface area contributed by atoms with Gasteiger partial charge >= 0.3 is 12.1 Å². The average Bonchev–Trinajstić information content (AvgIpc) is 2.90. The van der Waals surface area contributed by atoms with Crippen molar-refractivity contribution in [3.8, 4) is 0 Å². The zero-order valence-electron chi connectivity index (χ0n) is 14.0. The number of aliphatic carboxylic acids is 1. The molecule has 0 bridgehead atoms. The van der Waals surface area contributed by atoms with Crippen molar-refractivity contribution in [3.05, 3.63) is 35.9 Å². The number of carbonyl (C=O) groups is 4. The molecule has 1 atom stereocenters. The van der Waals surface area contributed by atoms with Crippen LogP contribution in [0.1, 0.15) is 32.3 Å². The summed E-state index contributed by atoms with van der Waals surface area (Å²) in [5.41, 5.74) is -1.46. The maximum Gasteiger partial charge on any atom is 0.409 e. The van der Waals surface area contributed by atoms with Gasteiger partial charge in [-0.2, -0.15) is 0 Å². The number of nitrogens with zero attached hydrogens (tertiary/aromatic N) is 1. The molecule has 1 aliphatic rings. The van der Waals surface area contributed by atoms with Gasteiger partial charge < -0.3 is 9.84 Å². The molecule has 2 N–H and O–H groups in total. The van der Waals surface area contributed by atoms with Gasteiger partial charge in [0.2, 0.25) is 17.5 Å². The molecule has 0 spiro atoms. The van der Waals surface area contributed by atoms with E-state index in [9.17, 15) is 24.3 Å².